The summed E-state index contributed by atoms with van der Waals surface area (Å²) in [6.45, 7) is 2.98. The van der Waals surface area contributed by atoms with Crippen LogP contribution in [-0.4, -0.2) is 29.9 Å². The van der Waals surface area contributed by atoms with Crippen molar-refractivity contribution in [3.8, 4) is 0 Å². The molecule has 1 aliphatic rings. The lowest BCUT2D eigenvalue weighted by Crippen LogP contribution is -2.32. The van der Waals surface area contributed by atoms with E-state index in [0.717, 1.165) is 12.0 Å². The van der Waals surface area contributed by atoms with Gasteiger partial charge in [-0.25, -0.2) is 4.39 Å². The molecule has 1 saturated heterocycles. The van der Waals surface area contributed by atoms with Gasteiger partial charge in [0.1, 0.15) is 5.82 Å². The number of hydrogen-bond donors (Lipinski definition) is 1. The average molecular weight is 222 g/mol. The van der Waals surface area contributed by atoms with Crippen LogP contribution >= 0.6 is 0 Å². The van der Waals surface area contributed by atoms with Gasteiger partial charge in [0.05, 0.1) is 5.56 Å². The molecule has 0 radical (unpaired) electrons. The predicted octanol–water partition coefficient (Wildman–Crippen LogP) is 1.31. The van der Waals surface area contributed by atoms with E-state index in [1.165, 1.54) is 6.07 Å². The number of rotatable bonds is 1. The van der Waals surface area contributed by atoms with E-state index in [0.29, 0.717) is 13.1 Å². The van der Waals surface area contributed by atoms with Gasteiger partial charge in [-0.2, -0.15) is 0 Å². The SMILES string of the molecule is Cc1ccc(F)c(C(=O)N2CCC(N)C2)c1. The molecule has 1 unspecified atom stereocenters. The summed E-state index contributed by atoms with van der Waals surface area (Å²) in [5.74, 6) is -0.717. The van der Waals surface area contributed by atoms with E-state index in [1.807, 2.05) is 6.92 Å². The van der Waals surface area contributed by atoms with Crippen LogP contribution in [0.25, 0.3) is 0 Å². The highest BCUT2D eigenvalue weighted by molar-refractivity contribution is 5.94. The van der Waals surface area contributed by atoms with Crippen LogP contribution < -0.4 is 5.73 Å². The normalized spacial score (nSPS) is 20.2. The van der Waals surface area contributed by atoms with E-state index in [1.54, 1.807) is 17.0 Å². The number of carbonyl (C=O) groups is 1. The highest BCUT2D eigenvalue weighted by Crippen LogP contribution is 2.16. The van der Waals surface area contributed by atoms with E-state index in [-0.39, 0.29) is 17.5 Å². The summed E-state index contributed by atoms with van der Waals surface area (Å²) in [6, 6.07) is 4.60. The van der Waals surface area contributed by atoms with Crippen molar-refractivity contribution in [3.05, 3.63) is 35.1 Å². The molecule has 1 fully saturated rings. The number of amides is 1. The third kappa shape index (κ3) is 2.07. The summed E-state index contributed by atoms with van der Waals surface area (Å²) < 4.78 is 13.5. The van der Waals surface area contributed by atoms with Gasteiger partial charge >= 0.3 is 0 Å². The average Bonchev–Trinajstić information content (AvgIpc) is 2.67. The molecular weight excluding hydrogens is 207 g/mol. The van der Waals surface area contributed by atoms with Crippen molar-refractivity contribution in [1.82, 2.24) is 4.90 Å². The zero-order chi connectivity index (χ0) is 11.7. The van der Waals surface area contributed by atoms with Crippen LogP contribution in [0.3, 0.4) is 0 Å². The molecule has 2 rings (SSSR count). The molecule has 86 valence electrons. The lowest BCUT2D eigenvalue weighted by Gasteiger charge is -2.16. The van der Waals surface area contributed by atoms with Gasteiger partial charge in [0, 0.05) is 19.1 Å². The molecule has 1 atom stereocenters. The molecule has 16 heavy (non-hydrogen) atoms. The minimum atomic E-state index is -0.462. The van der Waals surface area contributed by atoms with Crippen molar-refractivity contribution in [2.24, 2.45) is 5.73 Å². The van der Waals surface area contributed by atoms with Crippen molar-refractivity contribution < 1.29 is 9.18 Å². The van der Waals surface area contributed by atoms with E-state index < -0.39 is 5.82 Å². The molecule has 4 heteroatoms. The maximum atomic E-state index is 13.5. The number of aryl methyl sites for hydroxylation is 1. The third-order valence-corrected chi connectivity index (χ3v) is 2.86. The topological polar surface area (TPSA) is 46.3 Å². The summed E-state index contributed by atoms with van der Waals surface area (Å²) in [6.07, 6.45) is 0.791. The molecule has 0 bridgehead atoms. The van der Waals surface area contributed by atoms with Crippen molar-refractivity contribution >= 4 is 5.91 Å². The first kappa shape index (κ1) is 11.1. The number of nitrogens with zero attached hydrogens (tertiary/aromatic N) is 1. The maximum absolute atomic E-state index is 13.5. The van der Waals surface area contributed by atoms with Gasteiger partial charge in [0.25, 0.3) is 5.91 Å². The number of halogens is 1. The molecular formula is C12H15FN2O. The molecule has 0 spiro atoms. The molecule has 1 aromatic carbocycles. The number of hydrogen-bond acceptors (Lipinski definition) is 2. The van der Waals surface area contributed by atoms with Crippen molar-refractivity contribution in [2.45, 2.75) is 19.4 Å². The van der Waals surface area contributed by atoms with E-state index >= 15 is 0 Å². The molecule has 1 amide bonds. The van der Waals surface area contributed by atoms with Gasteiger partial charge in [0.15, 0.2) is 0 Å². The highest BCUT2D eigenvalue weighted by Gasteiger charge is 2.26. The Morgan fingerprint density at radius 1 is 1.56 bits per heavy atom. The van der Waals surface area contributed by atoms with Gasteiger partial charge in [-0.05, 0) is 25.5 Å². The maximum Gasteiger partial charge on any atom is 0.256 e. The predicted molar refractivity (Wildman–Crippen MR) is 59.6 cm³/mol. The zero-order valence-corrected chi connectivity index (χ0v) is 9.24. The summed E-state index contributed by atoms with van der Waals surface area (Å²) in [4.78, 5) is 13.6. The Morgan fingerprint density at radius 2 is 2.31 bits per heavy atom. The smallest absolute Gasteiger partial charge is 0.256 e. The first-order chi connectivity index (χ1) is 7.58. The standard InChI is InChI=1S/C12H15FN2O/c1-8-2-3-11(13)10(6-8)12(16)15-5-4-9(14)7-15/h2-3,6,9H,4-5,7,14H2,1H3. The van der Waals surface area contributed by atoms with Crippen molar-refractivity contribution in [2.75, 3.05) is 13.1 Å². The second-order valence-corrected chi connectivity index (χ2v) is 4.28. The fraction of sp³-hybridized carbons (Fsp3) is 0.417. The first-order valence-corrected chi connectivity index (χ1v) is 5.39. The summed E-state index contributed by atoms with van der Waals surface area (Å²) in [5, 5.41) is 0. The van der Waals surface area contributed by atoms with Crippen LogP contribution in [0.2, 0.25) is 0 Å². The van der Waals surface area contributed by atoms with Gasteiger partial charge in [-0.1, -0.05) is 11.6 Å². The minimum Gasteiger partial charge on any atom is -0.337 e. The van der Waals surface area contributed by atoms with E-state index in [9.17, 15) is 9.18 Å². The Balaban J connectivity index is 2.23. The number of likely N-dealkylation sites (tertiary alicyclic amines) is 1. The van der Waals surface area contributed by atoms with Crippen molar-refractivity contribution in [1.29, 1.82) is 0 Å². The third-order valence-electron chi connectivity index (χ3n) is 2.86. The number of nitrogens with two attached hydrogens (primary N) is 1. The Hall–Kier alpha value is -1.42. The molecule has 0 aliphatic carbocycles. The fourth-order valence-electron chi connectivity index (χ4n) is 1.95. The van der Waals surface area contributed by atoms with Crippen LogP contribution in [0.15, 0.2) is 18.2 Å². The van der Waals surface area contributed by atoms with Crippen LogP contribution in [-0.2, 0) is 0 Å². The highest BCUT2D eigenvalue weighted by atomic mass is 19.1. The Morgan fingerprint density at radius 3 is 2.94 bits per heavy atom. The molecule has 0 saturated carbocycles. The summed E-state index contributed by atoms with van der Waals surface area (Å²) >= 11 is 0. The van der Waals surface area contributed by atoms with Gasteiger partial charge in [-0.3, -0.25) is 4.79 Å². The Bertz CT molecular complexity index is 419. The van der Waals surface area contributed by atoms with Crippen LogP contribution in [0.5, 0.6) is 0 Å². The Labute approximate surface area is 94.0 Å². The lowest BCUT2D eigenvalue weighted by atomic mass is 10.1. The van der Waals surface area contributed by atoms with Crippen LogP contribution in [0.1, 0.15) is 22.3 Å². The second-order valence-electron chi connectivity index (χ2n) is 4.28. The first-order valence-electron chi connectivity index (χ1n) is 5.39. The van der Waals surface area contributed by atoms with Crippen LogP contribution in [0.4, 0.5) is 4.39 Å². The van der Waals surface area contributed by atoms with Crippen molar-refractivity contribution in [3.63, 3.8) is 0 Å². The molecule has 3 nitrogen and oxygen atoms in total. The van der Waals surface area contributed by atoms with E-state index in [4.69, 9.17) is 5.73 Å². The quantitative estimate of drug-likeness (QED) is 0.778. The lowest BCUT2D eigenvalue weighted by molar-refractivity contribution is 0.0786. The molecule has 1 aromatic rings. The van der Waals surface area contributed by atoms with Crippen LogP contribution in [0, 0.1) is 12.7 Å². The van der Waals surface area contributed by atoms with Gasteiger partial charge < -0.3 is 10.6 Å². The van der Waals surface area contributed by atoms with Gasteiger partial charge in [-0.15, -0.1) is 0 Å². The van der Waals surface area contributed by atoms with Gasteiger partial charge in [0.2, 0.25) is 0 Å². The molecule has 1 aliphatic heterocycles. The molecule has 1 heterocycles. The number of carbonyl (C=O) groups excluding carboxylic acids is 1. The van der Waals surface area contributed by atoms with E-state index in [2.05, 4.69) is 0 Å². The fourth-order valence-corrected chi connectivity index (χ4v) is 1.95. The summed E-state index contributed by atoms with van der Waals surface area (Å²) in [7, 11) is 0. The Kier molecular flexibility index (Phi) is 2.92. The largest absolute Gasteiger partial charge is 0.337 e. The zero-order valence-electron chi connectivity index (χ0n) is 9.24. The number of benzene rings is 1. The second kappa shape index (κ2) is 4.22. The summed E-state index contributed by atoms with van der Waals surface area (Å²) in [5.41, 5.74) is 6.75. The molecule has 2 N–H and O–H groups in total. The minimum absolute atomic E-state index is 0.0248. The molecule has 0 aromatic heterocycles. The monoisotopic (exact) mass is 222 g/mol.